The lowest BCUT2D eigenvalue weighted by atomic mass is 10.2. The van der Waals surface area contributed by atoms with E-state index in [0.29, 0.717) is 23.0 Å². The molecule has 0 aromatic carbocycles. The second-order valence-electron chi connectivity index (χ2n) is 5.34. The summed E-state index contributed by atoms with van der Waals surface area (Å²) in [6.07, 6.45) is 6.54. The highest BCUT2D eigenvalue weighted by Crippen LogP contribution is 2.22. The van der Waals surface area contributed by atoms with Crippen molar-refractivity contribution in [2.24, 2.45) is 0 Å². The van der Waals surface area contributed by atoms with Crippen molar-refractivity contribution in [2.75, 3.05) is 0 Å². The highest BCUT2D eigenvalue weighted by molar-refractivity contribution is 5.85. The predicted octanol–water partition coefficient (Wildman–Crippen LogP) is 2.48. The first-order valence-corrected chi connectivity index (χ1v) is 7.71. The van der Waals surface area contributed by atoms with Crippen LogP contribution in [0.3, 0.4) is 0 Å². The number of pyridine rings is 2. The van der Waals surface area contributed by atoms with E-state index in [0.717, 1.165) is 5.56 Å². The van der Waals surface area contributed by atoms with Gasteiger partial charge in [0.1, 0.15) is 0 Å². The Bertz CT molecular complexity index is 1010. The molecule has 0 aliphatic heterocycles. The number of carbonyl (C=O) groups is 1. The van der Waals surface area contributed by atoms with Gasteiger partial charge < -0.3 is 5.11 Å². The summed E-state index contributed by atoms with van der Waals surface area (Å²) in [6.45, 7) is 0. The van der Waals surface area contributed by atoms with E-state index < -0.39 is 5.97 Å². The first-order chi connectivity index (χ1) is 12.7. The van der Waals surface area contributed by atoms with Crippen LogP contribution in [0, 0.1) is 0 Å². The average Bonchev–Trinajstić information content (AvgIpc) is 3.20. The molecule has 4 rings (SSSR count). The number of nitrogens with zero attached hydrogens (tertiary/aromatic N) is 6. The third kappa shape index (κ3) is 3.03. The van der Waals surface area contributed by atoms with Gasteiger partial charge in [-0.3, -0.25) is 9.97 Å². The van der Waals surface area contributed by atoms with Gasteiger partial charge in [-0.25, -0.2) is 19.4 Å². The van der Waals surface area contributed by atoms with Crippen molar-refractivity contribution in [1.29, 1.82) is 0 Å². The van der Waals surface area contributed by atoms with Crippen LogP contribution in [0.25, 0.3) is 28.6 Å². The highest BCUT2D eigenvalue weighted by atomic mass is 16.4. The van der Waals surface area contributed by atoms with E-state index in [4.69, 9.17) is 5.11 Å². The van der Waals surface area contributed by atoms with Gasteiger partial charge in [0.2, 0.25) is 0 Å². The molecule has 0 bridgehead atoms. The van der Waals surface area contributed by atoms with Crippen molar-refractivity contribution >= 4 is 5.97 Å². The molecule has 8 heteroatoms. The van der Waals surface area contributed by atoms with E-state index in [1.165, 1.54) is 10.7 Å². The first-order valence-electron chi connectivity index (χ1n) is 7.71. The fraction of sp³-hybridized carbons (Fsp3) is 0. The molecule has 0 saturated heterocycles. The summed E-state index contributed by atoms with van der Waals surface area (Å²) in [7, 11) is 0. The van der Waals surface area contributed by atoms with Gasteiger partial charge >= 0.3 is 5.97 Å². The maximum absolute atomic E-state index is 11.1. The van der Waals surface area contributed by atoms with Crippen molar-refractivity contribution in [3.8, 4) is 28.6 Å². The summed E-state index contributed by atoms with van der Waals surface area (Å²) < 4.78 is 1.41. The molecule has 126 valence electrons. The molecule has 0 fully saturated rings. The van der Waals surface area contributed by atoms with Crippen molar-refractivity contribution < 1.29 is 9.90 Å². The zero-order chi connectivity index (χ0) is 17.9. The maximum atomic E-state index is 11.1. The Morgan fingerprint density at radius 3 is 2.50 bits per heavy atom. The second kappa shape index (κ2) is 6.52. The quantitative estimate of drug-likeness (QED) is 0.606. The molecule has 4 heterocycles. The molecular formula is C18H12N6O2. The molecule has 0 atom stereocenters. The van der Waals surface area contributed by atoms with Crippen LogP contribution in [0.1, 0.15) is 10.5 Å². The summed E-state index contributed by atoms with van der Waals surface area (Å²) in [5.74, 6) is -0.185. The standard InChI is InChI=1S/C18H12N6O2/c25-18(26)14-6-10-24(23-14)16-11-15(13-3-1-2-7-20-13)21-17(22-16)12-4-8-19-9-5-12/h1-11H,(H,25,26). The van der Waals surface area contributed by atoms with Gasteiger partial charge in [-0.2, -0.15) is 5.10 Å². The molecule has 0 spiro atoms. The van der Waals surface area contributed by atoms with Gasteiger partial charge in [-0.15, -0.1) is 0 Å². The van der Waals surface area contributed by atoms with E-state index >= 15 is 0 Å². The molecule has 0 radical (unpaired) electrons. The first kappa shape index (κ1) is 15.6. The van der Waals surface area contributed by atoms with E-state index in [-0.39, 0.29) is 5.69 Å². The van der Waals surface area contributed by atoms with Gasteiger partial charge in [0.25, 0.3) is 0 Å². The molecule has 8 nitrogen and oxygen atoms in total. The molecule has 4 aromatic rings. The number of carboxylic acid groups (broad SMARTS) is 1. The Balaban J connectivity index is 1.89. The minimum atomic E-state index is -1.10. The SMILES string of the molecule is O=C(O)c1ccn(-c2cc(-c3ccccn3)nc(-c3ccncc3)n2)n1. The van der Waals surface area contributed by atoms with Crippen LogP contribution in [-0.4, -0.2) is 40.8 Å². The average molecular weight is 344 g/mol. The highest BCUT2D eigenvalue weighted by Gasteiger charge is 2.13. The van der Waals surface area contributed by atoms with E-state index in [1.54, 1.807) is 43.0 Å². The van der Waals surface area contributed by atoms with Crippen LogP contribution >= 0.6 is 0 Å². The molecule has 4 aromatic heterocycles. The topological polar surface area (TPSA) is 107 Å². The van der Waals surface area contributed by atoms with E-state index in [2.05, 4.69) is 25.0 Å². The monoisotopic (exact) mass is 344 g/mol. The maximum Gasteiger partial charge on any atom is 0.356 e. The lowest BCUT2D eigenvalue weighted by molar-refractivity contribution is 0.0690. The number of rotatable bonds is 4. The van der Waals surface area contributed by atoms with Gasteiger partial charge in [-0.1, -0.05) is 6.07 Å². The van der Waals surface area contributed by atoms with Gasteiger partial charge in [0.15, 0.2) is 17.3 Å². The normalized spacial score (nSPS) is 10.6. The lowest BCUT2D eigenvalue weighted by Gasteiger charge is -2.08. The van der Waals surface area contributed by atoms with Crippen LogP contribution in [0.2, 0.25) is 0 Å². The van der Waals surface area contributed by atoms with Crippen molar-refractivity contribution in [3.63, 3.8) is 0 Å². The van der Waals surface area contributed by atoms with Crippen molar-refractivity contribution in [3.05, 3.63) is 72.9 Å². The van der Waals surface area contributed by atoms with Gasteiger partial charge in [-0.05, 0) is 30.3 Å². The zero-order valence-electron chi connectivity index (χ0n) is 13.4. The molecule has 0 amide bonds. The molecule has 1 N–H and O–H groups in total. The Morgan fingerprint density at radius 2 is 1.81 bits per heavy atom. The Morgan fingerprint density at radius 1 is 0.962 bits per heavy atom. The summed E-state index contributed by atoms with van der Waals surface area (Å²) >= 11 is 0. The van der Waals surface area contributed by atoms with Crippen molar-refractivity contribution in [2.45, 2.75) is 0 Å². The summed E-state index contributed by atoms with van der Waals surface area (Å²) in [4.78, 5) is 28.5. The lowest BCUT2D eigenvalue weighted by Crippen LogP contribution is -2.05. The molecule has 0 aliphatic carbocycles. The fourth-order valence-corrected chi connectivity index (χ4v) is 2.39. The molecule has 0 aliphatic rings. The molecule has 0 saturated carbocycles. The third-order valence-electron chi connectivity index (χ3n) is 3.62. The second-order valence-corrected chi connectivity index (χ2v) is 5.34. The van der Waals surface area contributed by atoms with Crippen molar-refractivity contribution in [1.82, 2.24) is 29.7 Å². The number of hydrogen-bond acceptors (Lipinski definition) is 6. The molecule has 26 heavy (non-hydrogen) atoms. The third-order valence-corrected chi connectivity index (χ3v) is 3.62. The van der Waals surface area contributed by atoms with Crippen LogP contribution in [0.5, 0.6) is 0 Å². The smallest absolute Gasteiger partial charge is 0.356 e. The fourth-order valence-electron chi connectivity index (χ4n) is 2.39. The van der Waals surface area contributed by atoms with E-state index in [9.17, 15) is 4.79 Å². The summed E-state index contributed by atoms with van der Waals surface area (Å²) in [6, 6.07) is 12.3. The minimum absolute atomic E-state index is 0.0616. The number of hydrogen-bond donors (Lipinski definition) is 1. The minimum Gasteiger partial charge on any atom is -0.476 e. The predicted molar refractivity (Wildman–Crippen MR) is 92.6 cm³/mol. The number of aromatic nitrogens is 6. The zero-order valence-corrected chi connectivity index (χ0v) is 13.4. The molecular weight excluding hydrogens is 332 g/mol. The largest absolute Gasteiger partial charge is 0.476 e. The van der Waals surface area contributed by atoms with Crippen LogP contribution in [0.4, 0.5) is 0 Å². The number of aromatic carboxylic acids is 1. The van der Waals surface area contributed by atoms with Gasteiger partial charge in [0.05, 0.1) is 11.4 Å². The van der Waals surface area contributed by atoms with Crippen LogP contribution in [-0.2, 0) is 0 Å². The Hall–Kier alpha value is -3.94. The van der Waals surface area contributed by atoms with E-state index in [1.807, 2.05) is 18.2 Å². The Kier molecular flexibility index (Phi) is 3.91. The van der Waals surface area contributed by atoms with Crippen LogP contribution < -0.4 is 0 Å². The number of carboxylic acids is 1. The Labute approximate surface area is 147 Å². The molecule has 0 unspecified atom stereocenters. The van der Waals surface area contributed by atoms with Gasteiger partial charge in [0, 0.05) is 36.4 Å². The summed E-state index contributed by atoms with van der Waals surface area (Å²) in [5, 5.41) is 13.1. The summed E-state index contributed by atoms with van der Waals surface area (Å²) in [5.41, 5.74) is 2.00. The van der Waals surface area contributed by atoms with Crippen LogP contribution in [0.15, 0.2) is 67.3 Å².